The number of carbonyl (C=O) groups is 2. The van der Waals surface area contributed by atoms with Crippen LogP contribution in [0.3, 0.4) is 0 Å². The molecule has 2 aliphatic rings. The molecule has 3 aromatic rings. The Morgan fingerprint density at radius 2 is 1.64 bits per heavy atom. The van der Waals surface area contributed by atoms with Crippen molar-refractivity contribution in [1.29, 1.82) is 0 Å². The van der Waals surface area contributed by atoms with Crippen LogP contribution in [0.4, 0.5) is 4.79 Å². The molecule has 0 spiro atoms. The summed E-state index contributed by atoms with van der Waals surface area (Å²) in [6.07, 6.45) is 1.69. The molecule has 2 heterocycles. The molecule has 0 N–H and O–H groups in total. The number of rotatable bonds is 8. The van der Waals surface area contributed by atoms with Gasteiger partial charge in [0.2, 0.25) is 6.79 Å². The van der Waals surface area contributed by atoms with Crippen LogP contribution in [-0.4, -0.2) is 36.1 Å². The molecule has 0 unspecified atom stereocenters. The summed E-state index contributed by atoms with van der Waals surface area (Å²) in [4.78, 5) is 27.2. The number of hydrogen-bond donors (Lipinski definition) is 0. The quantitative estimate of drug-likeness (QED) is 0.214. The average Bonchev–Trinajstić information content (AvgIpc) is 3.45. The normalized spacial score (nSPS) is 15.8. The van der Waals surface area contributed by atoms with Crippen LogP contribution in [0.2, 0.25) is 5.02 Å². The van der Waals surface area contributed by atoms with Crippen LogP contribution in [0.15, 0.2) is 65.6 Å². The fraction of sp³-hybridized carbons (Fsp3) is 0.267. The maximum atomic E-state index is 13.0. The van der Waals surface area contributed by atoms with E-state index in [2.05, 4.69) is 32.9 Å². The molecule has 0 atom stereocenters. The van der Waals surface area contributed by atoms with Gasteiger partial charge in [-0.1, -0.05) is 56.6 Å². The van der Waals surface area contributed by atoms with Crippen molar-refractivity contribution in [2.45, 2.75) is 32.7 Å². The van der Waals surface area contributed by atoms with Crippen molar-refractivity contribution in [3.8, 4) is 23.0 Å². The van der Waals surface area contributed by atoms with Crippen molar-refractivity contribution in [2.24, 2.45) is 0 Å². The molecule has 9 heteroatoms. The highest BCUT2D eigenvalue weighted by atomic mass is 35.5. The van der Waals surface area contributed by atoms with Crippen LogP contribution in [0.1, 0.15) is 37.5 Å². The molecule has 7 nitrogen and oxygen atoms in total. The maximum Gasteiger partial charge on any atom is 0.293 e. The molecule has 3 aromatic carbocycles. The number of halogens is 1. The van der Waals surface area contributed by atoms with Gasteiger partial charge in [-0.2, -0.15) is 0 Å². The summed E-state index contributed by atoms with van der Waals surface area (Å²) in [5, 5.41) is 0.0399. The van der Waals surface area contributed by atoms with Crippen molar-refractivity contribution in [3.63, 3.8) is 0 Å². The number of fused-ring (bicyclic) bond motifs is 1. The van der Waals surface area contributed by atoms with Gasteiger partial charge in [0.1, 0.15) is 24.7 Å². The van der Waals surface area contributed by atoms with Crippen molar-refractivity contribution in [1.82, 2.24) is 4.90 Å². The minimum Gasteiger partial charge on any atom is -0.490 e. The number of benzene rings is 3. The van der Waals surface area contributed by atoms with Crippen LogP contribution in [0.25, 0.3) is 6.08 Å². The van der Waals surface area contributed by atoms with Crippen LogP contribution < -0.4 is 18.9 Å². The molecule has 39 heavy (non-hydrogen) atoms. The molecular weight excluding hydrogens is 538 g/mol. The summed E-state index contributed by atoms with van der Waals surface area (Å²) >= 11 is 7.24. The molecule has 0 radical (unpaired) electrons. The first-order valence-corrected chi connectivity index (χ1v) is 13.7. The lowest BCUT2D eigenvalue weighted by Gasteiger charge is -2.19. The van der Waals surface area contributed by atoms with Crippen LogP contribution in [0, 0.1) is 0 Å². The highest BCUT2D eigenvalue weighted by molar-refractivity contribution is 8.18. The first kappa shape index (κ1) is 27.0. The highest BCUT2D eigenvalue weighted by Gasteiger charge is 2.35. The number of ether oxygens (including phenoxy) is 4. The number of amides is 2. The summed E-state index contributed by atoms with van der Waals surface area (Å²) in [7, 11) is 0. The Morgan fingerprint density at radius 3 is 2.36 bits per heavy atom. The minimum absolute atomic E-state index is 0.0412. The highest BCUT2D eigenvalue weighted by Crippen LogP contribution is 2.39. The third-order valence-corrected chi connectivity index (χ3v) is 7.50. The zero-order valence-electron chi connectivity index (χ0n) is 21.9. The van der Waals surface area contributed by atoms with E-state index >= 15 is 0 Å². The van der Waals surface area contributed by atoms with E-state index in [0.717, 1.165) is 23.1 Å². The number of nitrogens with zero attached hydrogens (tertiary/aromatic N) is 1. The summed E-state index contributed by atoms with van der Waals surface area (Å²) in [5.41, 5.74) is 2.69. The molecule has 0 aliphatic carbocycles. The largest absolute Gasteiger partial charge is 0.490 e. The molecule has 2 aliphatic heterocycles. The van der Waals surface area contributed by atoms with Gasteiger partial charge < -0.3 is 18.9 Å². The molecule has 1 saturated heterocycles. The zero-order chi connectivity index (χ0) is 27.6. The van der Waals surface area contributed by atoms with Gasteiger partial charge in [-0.15, -0.1) is 0 Å². The summed E-state index contributed by atoms with van der Waals surface area (Å²) in [6.45, 7) is 7.42. The van der Waals surface area contributed by atoms with E-state index in [-0.39, 0.29) is 29.9 Å². The smallest absolute Gasteiger partial charge is 0.293 e. The third-order valence-electron chi connectivity index (χ3n) is 6.24. The first-order valence-electron chi connectivity index (χ1n) is 12.5. The maximum absolute atomic E-state index is 13.0. The zero-order valence-corrected chi connectivity index (χ0v) is 23.4. The van der Waals surface area contributed by atoms with Crippen LogP contribution in [-0.2, 0) is 16.8 Å². The lowest BCUT2D eigenvalue weighted by molar-refractivity contribution is -0.123. The lowest BCUT2D eigenvalue weighted by atomic mass is 9.87. The third kappa shape index (κ3) is 6.34. The summed E-state index contributed by atoms with van der Waals surface area (Å²) in [6, 6.07) is 18.8. The van der Waals surface area contributed by atoms with E-state index in [1.165, 1.54) is 10.5 Å². The van der Waals surface area contributed by atoms with E-state index in [1.54, 1.807) is 18.2 Å². The van der Waals surface area contributed by atoms with E-state index < -0.39 is 0 Å². The SMILES string of the molecule is CC(C)(C)c1ccc(OCCOc2cccc(/C=C3\SC(=O)N(Cc4cc5c(cc4Cl)OCO5)C3=O)c2)cc1. The second-order valence-corrected chi connectivity index (χ2v) is 11.5. The van der Waals surface area contributed by atoms with Gasteiger partial charge in [-0.05, 0) is 70.3 Å². The van der Waals surface area contributed by atoms with Gasteiger partial charge in [0.25, 0.3) is 11.1 Å². The van der Waals surface area contributed by atoms with Gasteiger partial charge in [0.15, 0.2) is 11.5 Å². The molecule has 0 aromatic heterocycles. The monoisotopic (exact) mass is 565 g/mol. The molecule has 2 amide bonds. The fourth-order valence-electron chi connectivity index (χ4n) is 4.10. The molecule has 202 valence electrons. The number of hydrogen-bond acceptors (Lipinski definition) is 7. The van der Waals surface area contributed by atoms with E-state index in [4.69, 9.17) is 30.5 Å². The van der Waals surface area contributed by atoms with Crippen molar-refractivity contribution in [3.05, 3.63) is 87.3 Å². The van der Waals surface area contributed by atoms with Gasteiger partial charge in [-0.3, -0.25) is 14.5 Å². The molecule has 0 saturated carbocycles. The molecular formula is C30H28ClNO6S. The Bertz CT molecular complexity index is 1430. The topological polar surface area (TPSA) is 74.3 Å². The number of imide groups is 1. The Labute approximate surface area is 236 Å². The second kappa shape index (κ2) is 11.2. The number of thioether (sulfide) groups is 1. The van der Waals surface area contributed by atoms with Crippen LogP contribution >= 0.6 is 23.4 Å². The van der Waals surface area contributed by atoms with Crippen molar-refractivity contribution >= 4 is 40.6 Å². The fourth-order valence-corrected chi connectivity index (χ4v) is 5.15. The van der Waals surface area contributed by atoms with Crippen molar-refractivity contribution < 1.29 is 28.5 Å². The Hall–Kier alpha value is -3.62. The van der Waals surface area contributed by atoms with Crippen molar-refractivity contribution in [2.75, 3.05) is 20.0 Å². The lowest BCUT2D eigenvalue weighted by Crippen LogP contribution is -2.27. The Kier molecular flexibility index (Phi) is 7.77. The molecule has 1 fully saturated rings. The predicted octanol–water partition coefficient (Wildman–Crippen LogP) is 7.06. The first-order chi connectivity index (χ1) is 18.7. The van der Waals surface area contributed by atoms with E-state index in [0.29, 0.717) is 46.0 Å². The number of carbonyl (C=O) groups excluding carboxylic acids is 2. The standard InChI is InChI=1S/C30H28ClNO6S/c1-30(2,3)21-7-9-22(10-8-21)35-11-12-36-23-6-4-5-19(13-23)14-27-28(33)32(29(34)39-27)17-20-15-25-26(16-24(20)31)38-18-37-25/h4-10,13-16H,11-12,17-18H2,1-3H3/b27-14-. The summed E-state index contributed by atoms with van der Waals surface area (Å²) < 4.78 is 22.4. The van der Waals surface area contributed by atoms with E-state index in [9.17, 15) is 9.59 Å². The average molecular weight is 566 g/mol. The van der Waals surface area contributed by atoms with Gasteiger partial charge in [-0.25, -0.2) is 0 Å². The molecule has 0 bridgehead atoms. The second-order valence-electron chi connectivity index (χ2n) is 10.1. The summed E-state index contributed by atoms with van der Waals surface area (Å²) in [5.74, 6) is 2.13. The van der Waals surface area contributed by atoms with Gasteiger partial charge >= 0.3 is 0 Å². The molecule has 5 rings (SSSR count). The van der Waals surface area contributed by atoms with Crippen LogP contribution in [0.5, 0.6) is 23.0 Å². The Balaban J connectivity index is 1.17. The van der Waals surface area contributed by atoms with E-state index in [1.807, 2.05) is 36.4 Å². The predicted molar refractivity (Wildman–Crippen MR) is 152 cm³/mol. The van der Waals surface area contributed by atoms with Gasteiger partial charge in [0, 0.05) is 11.1 Å². The Morgan fingerprint density at radius 1 is 0.949 bits per heavy atom. The van der Waals surface area contributed by atoms with Gasteiger partial charge in [0.05, 0.1) is 11.4 Å². The minimum atomic E-state index is -0.379.